The third-order valence-corrected chi connectivity index (χ3v) is 3.81. The highest BCUT2D eigenvalue weighted by atomic mass is 16.6. The Morgan fingerprint density at radius 2 is 2.13 bits per heavy atom. The monoisotopic (exact) mass is 324 g/mol. The van der Waals surface area contributed by atoms with E-state index in [2.05, 4.69) is 20.3 Å². The molecule has 0 radical (unpaired) electrons. The highest BCUT2D eigenvalue weighted by molar-refractivity contribution is 5.84. The molecule has 3 rings (SSSR count). The van der Waals surface area contributed by atoms with Crippen LogP contribution in [0.2, 0.25) is 0 Å². The van der Waals surface area contributed by atoms with Crippen molar-refractivity contribution in [3.63, 3.8) is 0 Å². The van der Waals surface area contributed by atoms with E-state index in [1.807, 2.05) is 6.92 Å². The number of aliphatic hydroxyl groups is 3. The Morgan fingerprint density at radius 1 is 1.35 bits per heavy atom. The molecule has 10 heteroatoms. The van der Waals surface area contributed by atoms with Crippen LogP contribution in [-0.2, 0) is 4.74 Å². The minimum absolute atomic E-state index is 0.208. The maximum absolute atomic E-state index is 10.3. The summed E-state index contributed by atoms with van der Waals surface area (Å²) in [5.74, 6) is 0.615. The van der Waals surface area contributed by atoms with Gasteiger partial charge in [0.25, 0.3) is 0 Å². The first-order valence-corrected chi connectivity index (χ1v) is 7.43. The van der Waals surface area contributed by atoms with Crippen LogP contribution in [0.15, 0.2) is 6.33 Å². The topological polar surface area (TPSA) is 152 Å². The molecule has 0 aromatic carbocycles. The Hall–Kier alpha value is -2.01. The number of nitrogens with zero attached hydrogens (tertiary/aromatic N) is 4. The van der Waals surface area contributed by atoms with Crippen LogP contribution in [0.25, 0.3) is 11.2 Å². The fourth-order valence-electron chi connectivity index (χ4n) is 2.62. The minimum atomic E-state index is -1.23. The van der Waals surface area contributed by atoms with Gasteiger partial charge in [-0.25, -0.2) is 15.0 Å². The van der Waals surface area contributed by atoms with E-state index >= 15 is 0 Å². The average molecular weight is 324 g/mol. The molecule has 3 heterocycles. The Morgan fingerprint density at radius 3 is 2.78 bits per heavy atom. The molecule has 1 saturated heterocycles. The number of nitrogen functional groups attached to an aromatic ring is 1. The third-order valence-electron chi connectivity index (χ3n) is 3.81. The number of ether oxygens (including phenoxy) is 1. The van der Waals surface area contributed by atoms with Crippen LogP contribution in [0.3, 0.4) is 0 Å². The summed E-state index contributed by atoms with van der Waals surface area (Å²) in [6, 6.07) is 0. The van der Waals surface area contributed by atoms with Gasteiger partial charge < -0.3 is 31.1 Å². The van der Waals surface area contributed by atoms with Gasteiger partial charge in [0.15, 0.2) is 23.2 Å². The molecule has 0 aliphatic carbocycles. The smallest absolute Gasteiger partial charge is 0.207 e. The average Bonchev–Trinajstić information content (AvgIpc) is 3.05. The first kappa shape index (κ1) is 15.9. The van der Waals surface area contributed by atoms with Crippen molar-refractivity contribution in [1.82, 2.24) is 19.5 Å². The number of fused-ring (bicyclic) bond motifs is 1. The second kappa shape index (κ2) is 6.24. The molecule has 1 aliphatic heterocycles. The van der Waals surface area contributed by atoms with Crippen LogP contribution in [0, 0.1) is 0 Å². The van der Waals surface area contributed by atoms with Crippen LogP contribution < -0.4 is 11.1 Å². The van der Waals surface area contributed by atoms with Gasteiger partial charge in [-0.15, -0.1) is 0 Å². The Labute approximate surface area is 131 Å². The lowest BCUT2D eigenvalue weighted by Gasteiger charge is -2.19. The normalized spacial score (nSPS) is 27.7. The van der Waals surface area contributed by atoms with E-state index < -0.39 is 31.1 Å². The first-order chi connectivity index (χ1) is 11.1. The fraction of sp³-hybridized carbons (Fsp3) is 0.615. The molecule has 0 saturated carbocycles. The van der Waals surface area contributed by atoms with Crippen molar-refractivity contribution in [2.75, 3.05) is 24.2 Å². The summed E-state index contributed by atoms with van der Waals surface area (Å²) >= 11 is 0. The lowest BCUT2D eigenvalue weighted by Crippen LogP contribution is -2.33. The van der Waals surface area contributed by atoms with E-state index in [1.54, 1.807) is 0 Å². The van der Waals surface area contributed by atoms with Gasteiger partial charge >= 0.3 is 0 Å². The number of nitrogens with two attached hydrogens (primary N) is 1. The molecule has 0 unspecified atom stereocenters. The Bertz CT molecular complexity index is 692. The number of hydrogen-bond acceptors (Lipinski definition) is 9. The van der Waals surface area contributed by atoms with Gasteiger partial charge in [-0.1, -0.05) is 6.92 Å². The van der Waals surface area contributed by atoms with E-state index in [4.69, 9.17) is 10.5 Å². The lowest BCUT2D eigenvalue weighted by molar-refractivity contribution is -0.0501. The summed E-state index contributed by atoms with van der Waals surface area (Å²) < 4.78 is 7.11. The number of imidazole rings is 1. The van der Waals surface area contributed by atoms with E-state index in [0.717, 1.165) is 6.42 Å². The molecule has 0 bridgehead atoms. The summed E-state index contributed by atoms with van der Waals surface area (Å²) in [7, 11) is 0. The van der Waals surface area contributed by atoms with Gasteiger partial charge in [-0.05, 0) is 6.42 Å². The van der Waals surface area contributed by atoms with Crippen molar-refractivity contribution in [1.29, 1.82) is 0 Å². The van der Waals surface area contributed by atoms with Gasteiger partial charge in [0.1, 0.15) is 24.6 Å². The molecule has 1 fully saturated rings. The highest BCUT2D eigenvalue weighted by Gasteiger charge is 2.45. The molecular weight excluding hydrogens is 304 g/mol. The summed E-state index contributed by atoms with van der Waals surface area (Å²) in [6.07, 6.45) is -2.11. The summed E-state index contributed by atoms with van der Waals surface area (Å²) in [6.45, 7) is 2.24. The van der Waals surface area contributed by atoms with Crippen LogP contribution >= 0.6 is 0 Å². The SMILES string of the molecule is CCCNc1nc2c(N)ncnc2n1[C@@H]1O[C@H](CO)[C@H](O)[C@H]1O. The maximum Gasteiger partial charge on any atom is 0.207 e. The van der Waals surface area contributed by atoms with Gasteiger partial charge in [-0.3, -0.25) is 4.57 Å². The second-order valence-electron chi connectivity index (χ2n) is 5.39. The molecule has 2 aromatic heterocycles. The molecule has 1 aliphatic rings. The molecule has 23 heavy (non-hydrogen) atoms. The minimum Gasteiger partial charge on any atom is -0.394 e. The molecule has 6 N–H and O–H groups in total. The zero-order chi connectivity index (χ0) is 16.6. The van der Waals surface area contributed by atoms with Crippen molar-refractivity contribution < 1.29 is 20.1 Å². The fourth-order valence-corrected chi connectivity index (χ4v) is 2.62. The van der Waals surface area contributed by atoms with Gasteiger partial charge in [-0.2, -0.15) is 0 Å². The summed E-state index contributed by atoms with van der Waals surface area (Å²) in [5, 5.41) is 32.6. The number of aromatic nitrogens is 4. The molecule has 10 nitrogen and oxygen atoms in total. The Balaban J connectivity index is 2.09. The maximum atomic E-state index is 10.3. The standard InChI is InChI=1S/C13H20N6O4/c1-2-3-15-13-18-7-10(14)16-5-17-11(7)19(13)12-9(22)8(21)6(4-20)23-12/h5-6,8-9,12,20-22H,2-4H2,1H3,(H,15,18)(H2,14,16,17)/t6-,8+,9-,12-/m1/s1. The van der Waals surface area contributed by atoms with Crippen molar-refractivity contribution >= 4 is 22.9 Å². The molecular formula is C13H20N6O4. The van der Waals surface area contributed by atoms with E-state index in [1.165, 1.54) is 10.9 Å². The van der Waals surface area contributed by atoms with Crippen LogP contribution in [0.5, 0.6) is 0 Å². The van der Waals surface area contributed by atoms with E-state index in [0.29, 0.717) is 23.7 Å². The number of nitrogens with one attached hydrogen (secondary N) is 1. The number of anilines is 2. The zero-order valence-electron chi connectivity index (χ0n) is 12.6. The molecule has 4 atom stereocenters. The van der Waals surface area contributed by atoms with Crippen molar-refractivity contribution in [2.45, 2.75) is 37.9 Å². The van der Waals surface area contributed by atoms with E-state index in [9.17, 15) is 15.3 Å². The zero-order valence-corrected chi connectivity index (χ0v) is 12.6. The third kappa shape index (κ3) is 2.59. The van der Waals surface area contributed by atoms with Crippen LogP contribution in [0.4, 0.5) is 11.8 Å². The largest absolute Gasteiger partial charge is 0.394 e. The molecule has 0 amide bonds. The van der Waals surface area contributed by atoms with Gasteiger partial charge in [0.2, 0.25) is 5.95 Å². The van der Waals surface area contributed by atoms with Gasteiger partial charge in [0.05, 0.1) is 6.61 Å². The first-order valence-electron chi connectivity index (χ1n) is 7.43. The van der Waals surface area contributed by atoms with E-state index in [-0.39, 0.29) is 5.82 Å². The predicted molar refractivity (Wildman–Crippen MR) is 81.5 cm³/mol. The number of rotatable bonds is 5. The van der Waals surface area contributed by atoms with Gasteiger partial charge in [0, 0.05) is 6.54 Å². The Kier molecular flexibility index (Phi) is 4.31. The van der Waals surface area contributed by atoms with Crippen molar-refractivity contribution in [2.24, 2.45) is 0 Å². The number of aliphatic hydroxyl groups excluding tert-OH is 3. The summed E-state index contributed by atoms with van der Waals surface area (Å²) in [4.78, 5) is 12.4. The lowest BCUT2D eigenvalue weighted by atomic mass is 10.1. The predicted octanol–water partition coefficient (Wildman–Crippen LogP) is -1.16. The van der Waals surface area contributed by atoms with Crippen LogP contribution in [0.1, 0.15) is 19.6 Å². The molecule has 2 aromatic rings. The summed E-state index contributed by atoms with van der Waals surface area (Å²) in [5.41, 5.74) is 6.59. The molecule has 0 spiro atoms. The van der Waals surface area contributed by atoms with Crippen molar-refractivity contribution in [3.8, 4) is 0 Å². The molecule has 126 valence electrons. The highest BCUT2D eigenvalue weighted by Crippen LogP contribution is 2.34. The number of hydrogen-bond donors (Lipinski definition) is 5. The quantitative estimate of drug-likeness (QED) is 0.458. The second-order valence-corrected chi connectivity index (χ2v) is 5.39. The van der Waals surface area contributed by atoms with Crippen molar-refractivity contribution in [3.05, 3.63) is 6.33 Å². The van der Waals surface area contributed by atoms with Crippen LogP contribution in [-0.4, -0.2) is 66.3 Å².